The quantitative estimate of drug-likeness (QED) is 0.692. The highest BCUT2D eigenvalue weighted by Crippen LogP contribution is 2.23. The van der Waals surface area contributed by atoms with E-state index in [4.69, 9.17) is 4.42 Å². The second-order valence-electron chi connectivity index (χ2n) is 7.21. The summed E-state index contributed by atoms with van der Waals surface area (Å²) in [5.74, 6) is 0.752. The first kappa shape index (κ1) is 19.0. The molecule has 1 amide bonds. The number of carbonyl (C=O) groups is 1. The zero-order valence-corrected chi connectivity index (χ0v) is 16.4. The first-order valence-electron chi connectivity index (χ1n) is 9.15. The largest absolute Gasteiger partial charge is 0.459 e. The summed E-state index contributed by atoms with van der Waals surface area (Å²) in [6.45, 7) is 3.00. The van der Waals surface area contributed by atoms with Crippen molar-refractivity contribution in [1.82, 2.24) is 10.2 Å². The molecule has 2 aromatic carbocycles. The zero-order valence-electron chi connectivity index (χ0n) is 16.4. The van der Waals surface area contributed by atoms with E-state index in [0.717, 1.165) is 23.3 Å². The van der Waals surface area contributed by atoms with Gasteiger partial charge in [-0.3, -0.25) is 9.69 Å². The van der Waals surface area contributed by atoms with E-state index in [1.54, 1.807) is 0 Å². The summed E-state index contributed by atoms with van der Waals surface area (Å²) < 4.78 is 5.83. The van der Waals surface area contributed by atoms with Crippen LogP contribution in [0.4, 0.5) is 5.69 Å². The van der Waals surface area contributed by atoms with Crippen molar-refractivity contribution in [2.45, 2.75) is 19.5 Å². The Labute approximate surface area is 160 Å². The molecule has 27 heavy (non-hydrogen) atoms. The van der Waals surface area contributed by atoms with Crippen molar-refractivity contribution < 1.29 is 9.21 Å². The predicted octanol–water partition coefficient (Wildman–Crippen LogP) is 3.81. The number of carbonyl (C=O) groups excluding carboxylic acids is 1. The van der Waals surface area contributed by atoms with Crippen LogP contribution in [0.3, 0.4) is 0 Å². The molecule has 142 valence electrons. The van der Waals surface area contributed by atoms with E-state index in [2.05, 4.69) is 34.5 Å². The Bertz CT molecular complexity index is 866. The Kier molecular flexibility index (Phi) is 5.81. The van der Waals surface area contributed by atoms with Crippen molar-refractivity contribution in [3.63, 3.8) is 0 Å². The lowest BCUT2D eigenvalue weighted by atomic mass is 10.2. The molecule has 1 heterocycles. The van der Waals surface area contributed by atoms with Gasteiger partial charge in [-0.2, -0.15) is 0 Å². The Morgan fingerprint density at radius 3 is 2.44 bits per heavy atom. The molecule has 0 saturated heterocycles. The summed E-state index contributed by atoms with van der Waals surface area (Å²) in [6, 6.07) is 18.0. The van der Waals surface area contributed by atoms with E-state index < -0.39 is 0 Å². The number of fused-ring (bicyclic) bond motifs is 1. The van der Waals surface area contributed by atoms with Crippen LogP contribution in [0, 0.1) is 0 Å². The van der Waals surface area contributed by atoms with Gasteiger partial charge in [0.05, 0.1) is 12.6 Å². The number of rotatable bonds is 7. The van der Waals surface area contributed by atoms with Crippen LogP contribution in [0.2, 0.25) is 0 Å². The van der Waals surface area contributed by atoms with Crippen LogP contribution in [0.25, 0.3) is 11.0 Å². The third kappa shape index (κ3) is 4.89. The van der Waals surface area contributed by atoms with Gasteiger partial charge >= 0.3 is 0 Å². The standard InChI is InChI=1S/C22H27N3O2/c1-16(21-13-18-7-5-6-8-20(18)27-21)23-22(26)15-25(4)14-17-9-11-19(12-10-17)24(2)3/h5-13,16H,14-15H2,1-4H3,(H,23,26)/t16-/m1/s1. The normalized spacial score (nSPS) is 12.3. The molecule has 5 heteroatoms. The number of nitrogens with one attached hydrogen (secondary N) is 1. The summed E-state index contributed by atoms with van der Waals surface area (Å²) in [4.78, 5) is 16.5. The highest BCUT2D eigenvalue weighted by atomic mass is 16.3. The SMILES string of the molecule is C[C@@H](NC(=O)CN(C)Cc1ccc(N(C)C)cc1)c1cc2ccccc2o1. The molecule has 3 aromatic rings. The second-order valence-corrected chi connectivity index (χ2v) is 7.21. The lowest BCUT2D eigenvalue weighted by Gasteiger charge is -2.19. The fourth-order valence-electron chi connectivity index (χ4n) is 3.09. The minimum Gasteiger partial charge on any atom is -0.459 e. The van der Waals surface area contributed by atoms with Crippen LogP contribution in [0.5, 0.6) is 0 Å². The molecule has 0 bridgehead atoms. The van der Waals surface area contributed by atoms with Gasteiger partial charge in [-0.25, -0.2) is 0 Å². The molecule has 0 saturated carbocycles. The van der Waals surface area contributed by atoms with Crippen molar-refractivity contribution in [3.8, 4) is 0 Å². The average molecular weight is 365 g/mol. The summed E-state index contributed by atoms with van der Waals surface area (Å²) in [7, 11) is 5.99. The maximum Gasteiger partial charge on any atom is 0.234 e. The summed E-state index contributed by atoms with van der Waals surface area (Å²) in [5, 5.41) is 4.06. The van der Waals surface area contributed by atoms with Crippen molar-refractivity contribution in [1.29, 1.82) is 0 Å². The van der Waals surface area contributed by atoms with Crippen molar-refractivity contribution >= 4 is 22.6 Å². The number of nitrogens with zero attached hydrogens (tertiary/aromatic N) is 2. The average Bonchev–Trinajstić information content (AvgIpc) is 3.06. The Balaban J connectivity index is 1.53. The van der Waals surface area contributed by atoms with Crippen molar-refractivity contribution in [2.75, 3.05) is 32.6 Å². The topological polar surface area (TPSA) is 48.7 Å². The van der Waals surface area contributed by atoms with E-state index in [0.29, 0.717) is 6.54 Å². The van der Waals surface area contributed by atoms with Gasteiger partial charge in [0, 0.05) is 31.7 Å². The van der Waals surface area contributed by atoms with Gasteiger partial charge < -0.3 is 14.6 Å². The molecule has 0 unspecified atom stereocenters. The molecule has 1 atom stereocenters. The molecule has 0 radical (unpaired) electrons. The predicted molar refractivity (Wildman–Crippen MR) is 110 cm³/mol. The lowest BCUT2D eigenvalue weighted by molar-refractivity contribution is -0.122. The maximum absolute atomic E-state index is 12.4. The monoisotopic (exact) mass is 365 g/mol. The molecule has 1 N–H and O–H groups in total. The van der Waals surface area contributed by atoms with Gasteiger partial charge in [-0.15, -0.1) is 0 Å². The van der Waals surface area contributed by atoms with Crippen LogP contribution >= 0.6 is 0 Å². The number of furan rings is 1. The van der Waals surface area contributed by atoms with Crippen LogP contribution in [0.15, 0.2) is 59.0 Å². The third-order valence-electron chi connectivity index (χ3n) is 4.57. The summed E-state index contributed by atoms with van der Waals surface area (Å²) in [6.07, 6.45) is 0. The lowest BCUT2D eigenvalue weighted by Crippen LogP contribution is -2.36. The van der Waals surface area contributed by atoms with E-state index in [-0.39, 0.29) is 11.9 Å². The molecule has 0 aliphatic rings. The van der Waals surface area contributed by atoms with Gasteiger partial charge in [0.15, 0.2) is 0 Å². The number of likely N-dealkylation sites (N-methyl/N-ethyl adjacent to an activating group) is 1. The molecule has 0 fully saturated rings. The Morgan fingerprint density at radius 1 is 1.07 bits per heavy atom. The highest BCUT2D eigenvalue weighted by molar-refractivity contribution is 5.80. The fraction of sp³-hybridized carbons (Fsp3) is 0.318. The van der Waals surface area contributed by atoms with Crippen LogP contribution in [0.1, 0.15) is 24.3 Å². The van der Waals surface area contributed by atoms with Crippen LogP contribution < -0.4 is 10.2 Å². The molecule has 5 nitrogen and oxygen atoms in total. The fourth-order valence-corrected chi connectivity index (χ4v) is 3.09. The molecule has 0 aliphatic carbocycles. The van der Waals surface area contributed by atoms with Crippen LogP contribution in [-0.4, -0.2) is 38.5 Å². The van der Waals surface area contributed by atoms with Gasteiger partial charge in [0.25, 0.3) is 0 Å². The van der Waals surface area contributed by atoms with Gasteiger partial charge in [0.1, 0.15) is 11.3 Å². The minimum atomic E-state index is -0.169. The number of hydrogen-bond donors (Lipinski definition) is 1. The number of hydrogen-bond acceptors (Lipinski definition) is 4. The van der Waals surface area contributed by atoms with E-state index >= 15 is 0 Å². The number of para-hydroxylation sites is 1. The van der Waals surface area contributed by atoms with E-state index in [1.807, 2.05) is 63.3 Å². The van der Waals surface area contributed by atoms with E-state index in [1.165, 1.54) is 11.3 Å². The second kappa shape index (κ2) is 8.27. The maximum atomic E-state index is 12.4. The molecule has 3 rings (SSSR count). The molecule has 0 spiro atoms. The van der Waals surface area contributed by atoms with Gasteiger partial charge in [-0.05, 0) is 43.8 Å². The third-order valence-corrected chi connectivity index (χ3v) is 4.57. The van der Waals surface area contributed by atoms with Crippen molar-refractivity contribution in [2.24, 2.45) is 0 Å². The molecule has 0 aliphatic heterocycles. The summed E-state index contributed by atoms with van der Waals surface area (Å²) in [5.41, 5.74) is 3.19. The van der Waals surface area contributed by atoms with E-state index in [9.17, 15) is 4.79 Å². The molecular weight excluding hydrogens is 338 g/mol. The molecule has 1 aromatic heterocycles. The minimum absolute atomic E-state index is 0.0182. The zero-order chi connectivity index (χ0) is 19.4. The Hall–Kier alpha value is -2.79. The smallest absolute Gasteiger partial charge is 0.234 e. The Morgan fingerprint density at radius 2 is 1.78 bits per heavy atom. The first-order chi connectivity index (χ1) is 12.9. The van der Waals surface area contributed by atoms with Crippen LogP contribution in [-0.2, 0) is 11.3 Å². The number of benzene rings is 2. The van der Waals surface area contributed by atoms with Gasteiger partial charge in [-0.1, -0.05) is 30.3 Å². The first-order valence-corrected chi connectivity index (χ1v) is 9.15. The van der Waals surface area contributed by atoms with Gasteiger partial charge in [0.2, 0.25) is 5.91 Å². The number of anilines is 1. The number of amides is 1. The molecular formula is C22H27N3O2. The summed E-state index contributed by atoms with van der Waals surface area (Å²) >= 11 is 0. The van der Waals surface area contributed by atoms with Crippen molar-refractivity contribution in [3.05, 3.63) is 65.9 Å². The highest BCUT2D eigenvalue weighted by Gasteiger charge is 2.15.